The summed E-state index contributed by atoms with van der Waals surface area (Å²) in [6.45, 7) is 3.63. The lowest BCUT2D eigenvalue weighted by atomic mass is 9.90. The smallest absolute Gasteiger partial charge is 0.255 e. The molecule has 1 aliphatic rings. The predicted octanol–water partition coefficient (Wildman–Crippen LogP) is 3.28. The molecule has 0 saturated heterocycles. The van der Waals surface area contributed by atoms with Crippen molar-refractivity contribution < 1.29 is 13.2 Å². The highest BCUT2D eigenvalue weighted by molar-refractivity contribution is 7.89. The SMILES string of the molecule is C=CCNS(=O)(=O)c1cccc(C(=O)Nc2cccc3c2CCCC3)c1. The van der Waals surface area contributed by atoms with Gasteiger partial charge in [-0.1, -0.05) is 24.3 Å². The summed E-state index contributed by atoms with van der Waals surface area (Å²) in [5.74, 6) is -0.315. The van der Waals surface area contributed by atoms with Crippen LogP contribution in [0, 0.1) is 0 Å². The minimum absolute atomic E-state index is 0.0575. The van der Waals surface area contributed by atoms with Gasteiger partial charge in [-0.3, -0.25) is 4.79 Å². The standard InChI is InChI=1S/C20H22N2O3S/c1-2-13-21-26(24,25)17-10-5-9-16(14-17)20(23)22-19-12-6-8-15-7-3-4-11-18(15)19/h2,5-6,8-10,12,14,21H,1,3-4,7,11,13H2,(H,22,23). The van der Waals surface area contributed by atoms with Crippen molar-refractivity contribution in [2.45, 2.75) is 30.6 Å². The summed E-state index contributed by atoms with van der Waals surface area (Å²) < 4.78 is 26.9. The maximum atomic E-state index is 12.7. The molecule has 0 aliphatic heterocycles. The van der Waals surface area contributed by atoms with Crippen LogP contribution >= 0.6 is 0 Å². The Balaban J connectivity index is 1.83. The van der Waals surface area contributed by atoms with E-state index >= 15 is 0 Å². The number of carbonyl (C=O) groups excluding carboxylic acids is 1. The van der Waals surface area contributed by atoms with Crippen LogP contribution in [0.4, 0.5) is 5.69 Å². The molecule has 0 spiro atoms. The summed E-state index contributed by atoms with van der Waals surface area (Å²) in [6.07, 6.45) is 5.73. The van der Waals surface area contributed by atoms with Gasteiger partial charge in [-0.25, -0.2) is 13.1 Å². The molecular weight excluding hydrogens is 348 g/mol. The largest absolute Gasteiger partial charge is 0.322 e. The van der Waals surface area contributed by atoms with Crippen molar-refractivity contribution >= 4 is 21.6 Å². The zero-order chi connectivity index (χ0) is 18.6. The second kappa shape index (κ2) is 7.85. The number of rotatable bonds is 6. The molecule has 0 bridgehead atoms. The van der Waals surface area contributed by atoms with Gasteiger partial charge in [-0.15, -0.1) is 6.58 Å². The molecular formula is C20H22N2O3S. The van der Waals surface area contributed by atoms with Crippen LogP contribution in [0.2, 0.25) is 0 Å². The number of aryl methyl sites for hydroxylation is 1. The summed E-state index contributed by atoms with van der Waals surface area (Å²) in [5, 5.41) is 2.94. The Labute approximate surface area is 154 Å². The molecule has 1 aliphatic carbocycles. The normalized spacial score (nSPS) is 13.7. The molecule has 0 radical (unpaired) electrons. The predicted molar refractivity (Wildman–Crippen MR) is 103 cm³/mol. The molecule has 2 aromatic carbocycles. The Morgan fingerprint density at radius 2 is 1.88 bits per heavy atom. The van der Waals surface area contributed by atoms with Crippen molar-refractivity contribution in [3.8, 4) is 0 Å². The van der Waals surface area contributed by atoms with E-state index in [9.17, 15) is 13.2 Å². The summed E-state index contributed by atoms with van der Waals surface area (Å²) in [4.78, 5) is 12.7. The maximum absolute atomic E-state index is 12.7. The van der Waals surface area contributed by atoms with Crippen molar-refractivity contribution in [3.05, 3.63) is 71.8 Å². The van der Waals surface area contributed by atoms with E-state index in [0.29, 0.717) is 5.56 Å². The Kier molecular flexibility index (Phi) is 5.54. The number of sulfonamides is 1. The number of hydrogen-bond donors (Lipinski definition) is 2. The summed E-state index contributed by atoms with van der Waals surface area (Å²) in [7, 11) is -3.67. The molecule has 0 fully saturated rings. The van der Waals surface area contributed by atoms with Crippen LogP contribution in [-0.2, 0) is 22.9 Å². The van der Waals surface area contributed by atoms with Gasteiger partial charge in [0.05, 0.1) is 4.90 Å². The first-order valence-electron chi connectivity index (χ1n) is 8.64. The highest BCUT2D eigenvalue weighted by Crippen LogP contribution is 2.28. The minimum atomic E-state index is -3.67. The van der Waals surface area contributed by atoms with Gasteiger partial charge < -0.3 is 5.32 Å². The van der Waals surface area contributed by atoms with Crippen LogP contribution in [0.25, 0.3) is 0 Å². The van der Waals surface area contributed by atoms with Crippen molar-refractivity contribution in [3.63, 3.8) is 0 Å². The van der Waals surface area contributed by atoms with Crippen LogP contribution in [0.1, 0.15) is 34.3 Å². The number of fused-ring (bicyclic) bond motifs is 1. The first-order valence-corrected chi connectivity index (χ1v) is 10.1. The zero-order valence-electron chi connectivity index (χ0n) is 14.5. The van der Waals surface area contributed by atoms with Gasteiger partial charge in [0.25, 0.3) is 5.91 Å². The Hall–Kier alpha value is -2.44. The average molecular weight is 370 g/mol. The number of hydrogen-bond acceptors (Lipinski definition) is 3. The Morgan fingerprint density at radius 1 is 1.12 bits per heavy atom. The lowest BCUT2D eigenvalue weighted by Gasteiger charge is -2.19. The van der Waals surface area contributed by atoms with E-state index in [-0.39, 0.29) is 17.3 Å². The summed E-state index contributed by atoms with van der Waals surface area (Å²) in [5.41, 5.74) is 3.58. The van der Waals surface area contributed by atoms with Gasteiger partial charge in [-0.2, -0.15) is 0 Å². The molecule has 6 heteroatoms. The first-order chi connectivity index (χ1) is 12.5. The molecule has 136 valence electrons. The molecule has 26 heavy (non-hydrogen) atoms. The molecule has 0 saturated carbocycles. The third-order valence-electron chi connectivity index (χ3n) is 4.47. The fourth-order valence-corrected chi connectivity index (χ4v) is 4.19. The van der Waals surface area contributed by atoms with Crippen molar-refractivity contribution in [1.82, 2.24) is 4.72 Å². The molecule has 5 nitrogen and oxygen atoms in total. The minimum Gasteiger partial charge on any atom is -0.322 e. The van der Waals surface area contributed by atoms with Gasteiger partial charge in [0.2, 0.25) is 10.0 Å². The third-order valence-corrected chi connectivity index (χ3v) is 5.89. The lowest BCUT2D eigenvalue weighted by Crippen LogP contribution is -2.24. The molecule has 0 aromatic heterocycles. The van der Waals surface area contributed by atoms with Crippen LogP contribution in [-0.4, -0.2) is 20.9 Å². The molecule has 2 aromatic rings. The van der Waals surface area contributed by atoms with E-state index in [1.807, 2.05) is 12.1 Å². The van der Waals surface area contributed by atoms with Gasteiger partial charge >= 0.3 is 0 Å². The second-order valence-electron chi connectivity index (χ2n) is 6.27. The number of nitrogens with one attached hydrogen (secondary N) is 2. The van der Waals surface area contributed by atoms with Gasteiger partial charge in [-0.05, 0) is 61.1 Å². The van der Waals surface area contributed by atoms with E-state index in [2.05, 4.69) is 22.7 Å². The Morgan fingerprint density at radius 3 is 2.69 bits per heavy atom. The molecule has 0 unspecified atom stereocenters. The average Bonchev–Trinajstić information content (AvgIpc) is 2.67. The van der Waals surface area contributed by atoms with E-state index in [4.69, 9.17) is 0 Å². The molecule has 1 amide bonds. The van der Waals surface area contributed by atoms with E-state index in [1.165, 1.54) is 35.8 Å². The van der Waals surface area contributed by atoms with Crippen LogP contribution < -0.4 is 10.0 Å². The van der Waals surface area contributed by atoms with Crippen LogP contribution in [0.3, 0.4) is 0 Å². The fourth-order valence-electron chi connectivity index (χ4n) is 3.15. The fraction of sp³-hybridized carbons (Fsp3) is 0.250. The second-order valence-corrected chi connectivity index (χ2v) is 8.04. The molecule has 0 atom stereocenters. The quantitative estimate of drug-likeness (QED) is 0.766. The van der Waals surface area contributed by atoms with Crippen molar-refractivity contribution in [2.75, 3.05) is 11.9 Å². The van der Waals surface area contributed by atoms with E-state index < -0.39 is 10.0 Å². The lowest BCUT2D eigenvalue weighted by molar-refractivity contribution is 0.102. The van der Waals surface area contributed by atoms with E-state index in [1.54, 1.807) is 12.1 Å². The zero-order valence-corrected chi connectivity index (χ0v) is 15.3. The van der Waals surface area contributed by atoms with Gasteiger partial charge in [0.1, 0.15) is 0 Å². The van der Waals surface area contributed by atoms with Gasteiger partial charge in [0.15, 0.2) is 0 Å². The topological polar surface area (TPSA) is 75.3 Å². The van der Waals surface area contributed by atoms with Crippen molar-refractivity contribution in [2.24, 2.45) is 0 Å². The number of carbonyl (C=O) groups is 1. The summed E-state index contributed by atoms with van der Waals surface area (Å²) >= 11 is 0. The Bertz CT molecular complexity index is 936. The number of anilines is 1. The monoisotopic (exact) mass is 370 g/mol. The summed E-state index contributed by atoms with van der Waals surface area (Å²) in [6, 6.07) is 12.0. The first kappa shape index (κ1) is 18.4. The molecule has 3 rings (SSSR count). The highest BCUT2D eigenvalue weighted by Gasteiger charge is 2.18. The molecule has 0 heterocycles. The maximum Gasteiger partial charge on any atom is 0.255 e. The third kappa shape index (κ3) is 4.03. The van der Waals surface area contributed by atoms with E-state index in [0.717, 1.165) is 24.9 Å². The van der Waals surface area contributed by atoms with Crippen LogP contribution in [0.15, 0.2) is 60.0 Å². The van der Waals surface area contributed by atoms with Crippen LogP contribution in [0.5, 0.6) is 0 Å². The number of benzene rings is 2. The highest BCUT2D eigenvalue weighted by atomic mass is 32.2. The van der Waals surface area contributed by atoms with Crippen molar-refractivity contribution in [1.29, 1.82) is 0 Å². The number of amides is 1. The molecule has 2 N–H and O–H groups in total. The van der Waals surface area contributed by atoms with Gasteiger partial charge in [0, 0.05) is 17.8 Å².